The Morgan fingerprint density at radius 1 is 1.21 bits per heavy atom. The topological polar surface area (TPSA) is 94.2 Å². The lowest BCUT2D eigenvalue weighted by Gasteiger charge is -2.20. The van der Waals surface area contributed by atoms with Gasteiger partial charge in [-0.05, 0) is 30.3 Å². The summed E-state index contributed by atoms with van der Waals surface area (Å²) in [6.45, 7) is -2.29. The molecule has 5 rings (SSSR count). The molecule has 10 heteroatoms. The molecule has 2 aromatic carbocycles. The number of amides is 1. The minimum absolute atomic E-state index is 0.00874. The zero-order chi connectivity index (χ0) is 23.7. The van der Waals surface area contributed by atoms with Crippen LogP contribution in [-0.4, -0.2) is 43.6 Å². The number of aliphatic hydroxyl groups excluding tert-OH is 1. The largest absolute Gasteiger partial charge is 0.434 e. The molecule has 0 radical (unpaired) electrons. The molecular weight excluding hydrogens is 444 g/mol. The van der Waals surface area contributed by atoms with Crippen LogP contribution in [0.3, 0.4) is 0 Å². The zero-order valence-corrected chi connectivity index (χ0v) is 17.8. The highest BCUT2D eigenvalue weighted by Gasteiger charge is 2.23. The molecule has 8 nitrogen and oxygen atoms in total. The first-order valence-corrected chi connectivity index (χ1v) is 10.5. The number of imidazole rings is 1. The Morgan fingerprint density at radius 2 is 2.06 bits per heavy atom. The molecule has 2 aromatic heterocycles. The van der Waals surface area contributed by atoms with E-state index in [1.807, 2.05) is 22.8 Å². The third-order valence-electron chi connectivity index (χ3n) is 5.46. The van der Waals surface area contributed by atoms with E-state index in [9.17, 15) is 13.6 Å². The Kier molecular flexibility index (Phi) is 5.69. The van der Waals surface area contributed by atoms with Gasteiger partial charge < -0.3 is 19.7 Å². The van der Waals surface area contributed by atoms with E-state index in [0.717, 1.165) is 11.1 Å². The Hall–Kier alpha value is -4.23. The number of hydrogen-bond acceptors (Lipinski definition) is 5. The molecule has 0 unspecified atom stereocenters. The lowest BCUT2D eigenvalue weighted by molar-refractivity contribution is -0.0505. The van der Waals surface area contributed by atoms with Gasteiger partial charge in [-0.1, -0.05) is 17.9 Å². The predicted molar refractivity (Wildman–Crippen MR) is 118 cm³/mol. The first-order chi connectivity index (χ1) is 16.5. The molecule has 0 saturated carbocycles. The SMILES string of the molecule is O=C1NCc2nc3ccc(C#Cc4cnn(CCO)c4)cc3n2Cc2c(OC(F)F)cccc21. The molecule has 1 aliphatic rings. The predicted octanol–water partition coefficient (Wildman–Crippen LogP) is 2.52. The number of carbonyl (C=O) groups is 1. The summed E-state index contributed by atoms with van der Waals surface area (Å²) < 4.78 is 34.2. The van der Waals surface area contributed by atoms with Crippen LogP contribution in [0, 0.1) is 11.8 Å². The molecule has 0 atom stereocenters. The summed E-state index contributed by atoms with van der Waals surface area (Å²) in [6.07, 6.45) is 3.37. The lowest BCUT2D eigenvalue weighted by atomic mass is 10.0. The van der Waals surface area contributed by atoms with Crippen LogP contribution in [0.4, 0.5) is 8.78 Å². The summed E-state index contributed by atoms with van der Waals surface area (Å²) >= 11 is 0. The molecule has 0 bridgehead atoms. The van der Waals surface area contributed by atoms with Crippen LogP contribution in [0.25, 0.3) is 11.0 Å². The number of aliphatic hydroxyl groups is 1. The Balaban J connectivity index is 1.55. The van der Waals surface area contributed by atoms with Gasteiger partial charge >= 0.3 is 6.61 Å². The maximum absolute atomic E-state index is 13.0. The van der Waals surface area contributed by atoms with Crippen molar-refractivity contribution in [1.29, 1.82) is 0 Å². The zero-order valence-electron chi connectivity index (χ0n) is 17.8. The Morgan fingerprint density at radius 3 is 2.88 bits per heavy atom. The average molecular weight is 463 g/mol. The molecule has 1 amide bonds. The molecule has 0 saturated heterocycles. The van der Waals surface area contributed by atoms with Gasteiger partial charge in [0.15, 0.2) is 0 Å². The van der Waals surface area contributed by atoms with Crippen LogP contribution in [0.1, 0.15) is 32.9 Å². The van der Waals surface area contributed by atoms with Crippen LogP contribution < -0.4 is 10.1 Å². The second-order valence-electron chi connectivity index (χ2n) is 7.63. The first-order valence-electron chi connectivity index (χ1n) is 10.5. The van der Waals surface area contributed by atoms with Gasteiger partial charge in [0.25, 0.3) is 5.91 Å². The second kappa shape index (κ2) is 8.96. The average Bonchev–Trinajstić information content (AvgIpc) is 3.40. The summed E-state index contributed by atoms with van der Waals surface area (Å²) in [5.41, 5.74) is 3.53. The molecule has 3 heterocycles. The number of benzene rings is 2. The highest BCUT2D eigenvalue weighted by atomic mass is 19.3. The molecule has 2 N–H and O–H groups in total. The maximum atomic E-state index is 13.0. The van der Waals surface area contributed by atoms with Crippen molar-refractivity contribution in [1.82, 2.24) is 24.6 Å². The summed E-state index contributed by atoms with van der Waals surface area (Å²) in [7, 11) is 0. The van der Waals surface area contributed by atoms with Crippen LogP contribution >= 0.6 is 0 Å². The van der Waals surface area contributed by atoms with Crippen molar-refractivity contribution in [3.8, 4) is 17.6 Å². The smallest absolute Gasteiger partial charge is 0.387 e. The summed E-state index contributed by atoms with van der Waals surface area (Å²) in [4.78, 5) is 17.2. The normalized spacial score (nSPS) is 12.9. The molecule has 0 aliphatic carbocycles. The first kappa shape index (κ1) is 21.6. The monoisotopic (exact) mass is 463 g/mol. The van der Waals surface area contributed by atoms with Gasteiger partial charge in [0.05, 0.1) is 49.0 Å². The van der Waals surface area contributed by atoms with Gasteiger partial charge in [0, 0.05) is 22.9 Å². The number of carbonyl (C=O) groups excluding carboxylic acids is 1. The number of aromatic nitrogens is 4. The fourth-order valence-electron chi connectivity index (χ4n) is 3.92. The number of fused-ring (bicyclic) bond motifs is 4. The van der Waals surface area contributed by atoms with Crippen molar-refractivity contribution in [3.05, 3.63) is 76.9 Å². The quantitative estimate of drug-likeness (QED) is 0.454. The van der Waals surface area contributed by atoms with Crippen molar-refractivity contribution >= 4 is 16.9 Å². The summed E-state index contributed by atoms with van der Waals surface area (Å²) in [5, 5.41) is 15.9. The maximum Gasteiger partial charge on any atom is 0.387 e. The van der Waals surface area contributed by atoms with Gasteiger partial charge in [-0.25, -0.2) is 4.98 Å². The Labute approximate surface area is 192 Å². The van der Waals surface area contributed by atoms with E-state index in [4.69, 9.17) is 9.84 Å². The second-order valence-corrected chi connectivity index (χ2v) is 7.63. The fraction of sp³-hybridized carbons (Fsp3) is 0.208. The molecule has 0 fully saturated rings. The number of rotatable bonds is 4. The van der Waals surface area contributed by atoms with E-state index < -0.39 is 6.61 Å². The number of hydrogen-bond donors (Lipinski definition) is 2. The van der Waals surface area contributed by atoms with Gasteiger partial charge in [0.2, 0.25) is 0 Å². The van der Waals surface area contributed by atoms with Gasteiger partial charge in [-0.2, -0.15) is 13.9 Å². The van der Waals surface area contributed by atoms with E-state index >= 15 is 0 Å². The van der Waals surface area contributed by atoms with Gasteiger partial charge in [-0.15, -0.1) is 0 Å². The fourth-order valence-corrected chi connectivity index (χ4v) is 3.92. The minimum atomic E-state index is -3.01. The lowest BCUT2D eigenvalue weighted by Crippen LogP contribution is -2.29. The highest BCUT2D eigenvalue weighted by molar-refractivity contribution is 5.96. The number of nitrogens with one attached hydrogen (secondary N) is 1. The molecule has 1 aliphatic heterocycles. The summed E-state index contributed by atoms with van der Waals surface area (Å²) in [6, 6.07) is 10.1. The van der Waals surface area contributed by atoms with Crippen LogP contribution in [0.5, 0.6) is 5.75 Å². The molecule has 4 aromatic rings. The van der Waals surface area contributed by atoms with Crippen LogP contribution in [0.2, 0.25) is 0 Å². The number of alkyl halides is 2. The van der Waals surface area contributed by atoms with Crippen molar-refractivity contribution < 1.29 is 23.4 Å². The number of halogens is 2. The third-order valence-corrected chi connectivity index (χ3v) is 5.46. The van der Waals surface area contributed by atoms with Crippen LogP contribution in [-0.2, 0) is 19.6 Å². The molecule has 0 spiro atoms. The molecular formula is C24H19F2N5O3. The third kappa shape index (κ3) is 4.21. The number of ether oxygens (including phenoxy) is 1. The van der Waals surface area contributed by atoms with Crippen molar-refractivity contribution in [3.63, 3.8) is 0 Å². The minimum Gasteiger partial charge on any atom is -0.434 e. The van der Waals surface area contributed by atoms with E-state index in [1.54, 1.807) is 23.1 Å². The van der Waals surface area contributed by atoms with Crippen molar-refractivity contribution in [2.45, 2.75) is 26.2 Å². The van der Waals surface area contributed by atoms with E-state index in [-0.39, 0.29) is 36.9 Å². The van der Waals surface area contributed by atoms with Gasteiger partial charge in [-0.3, -0.25) is 9.48 Å². The molecule has 172 valence electrons. The standard InChI is InChI=1S/C24H19F2N5O3/c25-24(26)34-21-3-1-2-17-18(21)14-31-20-10-15(4-5-16-11-28-30(13-16)8-9-32)6-7-19(20)29-22(31)12-27-23(17)33/h1-3,6-7,10-11,13,24,32H,8-9,12,14H2,(H,27,33). The van der Waals surface area contributed by atoms with Crippen molar-refractivity contribution in [2.75, 3.05) is 6.61 Å². The van der Waals surface area contributed by atoms with Gasteiger partial charge in [0.1, 0.15) is 11.6 Å². The Bertz CT molecular complexity index is 1450. The van der Waals surface area contributed by atoms with E-state index in [0.29, 0.717) is 29.0 Å². The highest BCUT2D eigenvalue weighted by Crippen LogP contribution is 2.29. The molecule has 34 heavy (non-hydrogen) atoms. The van der Waals surface area contributed by atoms with E-state index in [1.165, 1.54) is 12.1 Å². The number of nitrogens with zero attached hydrogens (tertiary/aromatic N) is 4. The summed E-state index contributed by atoms with van der Waals surface area (Å²) in [5.74, 6) is 6.31. The van der Waals surface area contributed by atoms with Crippen LogP contribution in [0.15, 0.2) is 48.8 Å². The van der Waals surface area contributed by atoms with Crippen molar-refractivity contribution in [2.24, 2.45) is 0 Å². The van der Waals surface area contributed by atoms with E-state index in [2.05, 4.69) is 27.2 Å².